The average Bonchev–Trinajstić information content (AvgIpc) is 3.09. The number of nitrogens with one attached hydrogen (secondary N) is 1. The lowest BCUT2D eigenvalue weighted by Crippen LogP contribution is -2.54. The maximum atomic E-state index is 14.3. The maximum Gasteiger partial charge on any atom is 0.407 e. The first-order valence-corrected chi connectivity index (χ1v) is 10.0. The van der Waals surface area contributed by atoms with E-state index in [9.17, 15) is 19.1 Å². The van der Waals surface area contributed by atoms with Crippen molar-refractivity contribution in [1.29, 1.82) is 0 Å². The summed E-state index contributed by atoms with van der Waals surface area (Å²) in [5.74, 6) is 0.467. The molecule has 8 heteroatoms. The van der Waals surface area contributed by atoms with Crippen LogP contribution < -0.4 is 10.1 Å². The second-order valence-electron chi connectivity index (χ2n) is 7.58. The first-order valence-electron chi connectivity index (χ1n) is 10.0. The predicted molar refractivity (Wildman–Crippen MR) is 112 cm³/mol. The van der Waals surface area contributed by atoms with Crippen LogP contribution in [0.2, 0.25) is 0 Å². The number of amides is 2. The quantitative estimate of drug-likeness (QED) is 0.640. The van der Waals surface area contributed by atoms with E-state index >= 15 is 0 Å². The second kappa shape index (κ2) is 8.67. The molecule has 7 nitrogen and oxygen atoms in total. The monoisotopic (exact) mass is 426 g/mol. The number of carbonyl (C=O) groups is 2. The molecule has 2 N–H and O–H groups in total. The molecule has 3 aromatic rings. The van der Waals surface area contributed by atoms with Gasteiger partial charge in [0.2, 0.25) is 0 Å². The molecule has 162 valence electrons. The summed E-state index contributed by atoms with van der Waals surface area (Å²) in [4.78, 5) is 25.3. The molecule has 1 saturated heterocycles. The van der Waals surface area contributed by atoms with Crippen LogP contribution in [0.1, 0.15) is 28.1 Å². The second-order valence-corrected chi connectivity index (χ2v) is 7.58. The minimum Gasteiger partial charge on any atom is -0.489 e. The number of aryl methyl sites for hydroxylation is 1. The summed E-state index contributed by atoms with van der Waals surface area (Å²) >= 11 is 0. The number of benzene rings is 2. The number of likely N-dealkylation sites (tertiary alicyclic amines) is 1. The van der Waals surface area contributed by atoms with Crippen LogP contribution in [0.5, 0.6) is 5.75 Å². The summed E-state index contributed by atoms with van der Waals surface area (Å²) in [7, 11) is 0. The fraction of sp³-hybridized carbons (Fsp3) is 0.304. The van der Waals surface area contributed by atoms with Gasteiger partial charge in [0.05, 0.1) is 11.6 Å². The van der Waals surface area contributed by atoms with Gasteiger partial charge in [0.25, 0.3) is 5.91 Å². The lowest BCUT2D eigenvalue weighted by Gasteiger charge is -2.33. The Balaban J connectivity index is 1.54. The summed E-state index contributed by atoms with van der Waals surface area (Å²) < 4.78 is 25.9. The largest absolute Gasteiger partial charge is 0.489 e. The van der Waals surface area contributed by atoms with Crippen LogP contribution in [-0.2, 0) is 6.61 Å². The number of carboxylic acid groups (broad SMARTS) is 1. The molecule has 2 aromatic carbocycles. The van der Waals surface area contributed by atoms with Crippen molar-refractivity contribution in [3.8, 4) is 5.75 Å². The molecule has 0 spiro atoms. The van der Waals surface area contributed by atoms with Gasteiger partial charge >= 0.3 is 6.09 Å². The molecule has 2 heterocycles. The van der Waals surface area contributed by atoms with E-state index in [-0.39, 0.29) is 19.5 Å². The van der Waals surface area contributed by atoms with Gasteiger partial charge in [-0.3, -0.25) is 4.79 Å². The number of halogens is 1. The van der Waals surface area contributed by atoms with Gasteiger partial charge in [0, 0.05) is 18.5 Å². The Morgan fingerprint density at radius 2 is 2.03 bits per heavy atom. The molecule has 0 saturated carbocycles. The maximum absolute atomic E-state index is 14.3. The third kappa shape index (κ3) is 4.47. The van der Waals surface area contributed by atoms with Crippen molar-refractivity contribution >= 4 is 23.0 Å². The van der Waals surface area contributed by atoms with Gasteiger partial charge < -0.3 is 24.5 Å². The molecule has 2 unspecified atom stereocenters. The molecule has 0 radical (unpaired) electrons. The minimum absolute atomic E-state index is 0.0415. The Morgan fingerprint density at radius 3 is 2.77 bits per heavy atom. The zero-order valence-electron chi connectivity index (χ0n) is 17.0. The Morgan fingerprint density at radius 1 is 1.26 bits per heavy atom. The van der Waals surface area contributed by atoms with E-state index in [0.29, 0.717) is 34.6 Å². The van der Waals surface area contributed by atoms with Crippen molar-refractivity contribution in [2.24, 2.45) is 0 Å². The Kier molecular flexibility index (Phi) is 5.79. The normalized spacial score (nSPS) is 18.7. The molecule has 0 bridgehead atoms. The molecule has 1 fully saturated rings. The highest BCUT2D eigenvalue weighted by atomic mass is 19.1. The van der Waals surface area contributed by atoms with E-state index < -0.39 is 24.2 Å². The number of furan rings is 1. The first-order chi connectivity index (χ1) is 14.9. The van der Waals surface area contributed by atoms with Crippen molar-refractivity contribution in [1.82, 2.24) is 10.2 Å². The highest BCUT2D eigenvalue weighted by molar-refractivity contribution is 6.07. The minimum atomic E-state index is -1.32. The Hall–Kier alpha value is -3.55. The summed E-state index contributed by atoms with van der Waals surface area (Å²) in [5, 5.41) is 12.4. The zero-order valence-corrected chi connectivity index (χ0v) is 17.0. The fourth-order valence-electron chi connectivity index (χ4n) is 3.79. The molecule has 31 heavy (non-hydrogen) atoms. The highest BCUT2D eigenvalue weighted by Gasteiger charge is 2.33. The van der Waals surface area contributed by atoms with Gasteiger partial charge in [-0.15, -0.1) is 0 Å². The Bertz CT molecular complexity index is 1100. The standard InChI is InChI=1S/C23H23FN2O5/c1-14-21(22(27)25-19-12-26(23(28)29)10-9-18(19)24)17-11-16(7-8-20(17)31-14)30-13-15-5-3-2-4-6-15/h2-8,11,18-19H,9-10,12-13H2,1H3,(H,25,27)(H,28,29). The summed E-state index contributed by atoms with van der Waals surface area (Å²) in [6.07, 6.45) is -2.40. The zero-order chi connectivity index (χ0) is 22.0. The van der Waals surface area contributed by atoms with Crippen molar-refractivity contribution in [2.45, 2.75) is 32.2 Å². The van der Waals surface area contributed by atoms with Crippen LogP contribution in [-0.4, -0.2) is 47.3 Å². The number of rotatable bonds is 5. The molecule has 1 aliphatic rings. The van der Waals surface area contributed by atoms with Crippen molar-refractivity contribution < 1.29 is 28.2 Å². The van der Waals surface area contributed by atoms with Crippen LogP contribution in [0.25, 0.3) is 11.0 Å². The smallest absolute Gasteiger partial charge is 0.407 e. The van der Waals surface area contributed by atoms with E-state index in [0.717, 1.165) is 10.5 Å². The predicted octanol–water partition coefficient (Wildman–Crippen LogP) is 4.14. The van der Waals surface area contributed by atoms with Crippen LogP contribution >= 0.6 is 0 Å². The topological polar surface area (TPSA) is 92.0 Å². The number of fused-ring (bicyclic) bond motifs is 1. The first kappa shape index (κ1) is 20.7. The number of carbonyl (C=O) groups excluding carboxylic acids is 1. The van der Waals surface area contributed by atoms with Crippen molar-refractivity contribution in [3.05, 3.63) is 65.4 Å². The van der Waals surface area contributed by atoms with Gasteiger partial charge in [-0.05, 0) is 37.1 Å². The van der Waals surface area contributed by atoms with E-state index in [1.807, 2.05) is 30.3 Å². The molecule has 1 aliphatic heterocycles. The third-order valence-corrected chi connectivity index (χ3v) is 5.43. The summed E-state index contributed by atoms with van der Waals surface area (Å²) in [5.41, 5.74) is 1.82. The lowest BCUT2D eigenvalue weighted by molar-refractivity contribution is 0.0752. The highest BCUT2D eigenvalue weighted by Crippen LogP contribution is 2.30. The van der Waals surface area contributed by atoms with Crippen LogP contribution in [0.4, 0.5) is 9.18 Å². The van der Waals surface area contributed by atoms with Gasteiger partial charge in [-0.25, -0.2) is 9.18 Å². The van der Waals surface area contributed by atoms with Gasteiger partial charge in [0.1, 0.15) is 29.9 Å². The molecular formula is C23H23FN2O5. The van der Waals surface area contributed by atoms with Gasteiger partial charge in [-0.2, -0.15) is 0 Å². The number of ether oxygens (including phenoxy) is 1. The van der Waals surface area contributed by atoms with E-state index in [1.54, 1.807) is 25.1 Å². The molecule has 0 aliphatic carbocycles. The molecule has 2 atom stereocenters. The number of hydrogen-bond acceptors (Lipinski definition) is 4. The van der Waals surface area contributed by atoms with Gasteiger partial charge in [0.15, 0.2) is 0 Å². The Labute approximate surface area is 178 Å². The van der Waals surface area contributed by atoms with Gasteiger partial charge in [-0.1, -0.05) is 30.3 Å². The van der Waals surface area contributed by atoms with E-state index in [2.05, 4.69) is 5.32 Å². The molecular weight excluding hydrogens is 403 g/mol. The number of nitrogens with zero attached hydrogens (tertiary/aromatic N) is 1. The molecule has 2 amide bonds. The average molecular weight is 426 g/mol. The molecule has 4 rings (SSSR count). The SMILES string of the molecule is Cc1oc2ccc(OCc3ccccc3)cc2c1C(=O)NC1CN(C(=O)O)CCC1F. The van der Waals surface area contributed by atoms with Crippen LogP contribution in [0, 0.1) is 6.92 Å². The van der Waals surface area contributed by atoms with Crippen molar-refractivity contribution in [3.63, 3.8) is 0 Å². The third-order valence-electron chi connectivity index (χ3n) is 5.43. The fourth-order valence-corrected chi connectivity index (χ4v) is 3.79. The van der Waals surface area contributed by atoms with Crippen LogP contribution in [0.15, 0.2) is 52.9 Å². The summed E-state index contributed by atoms with van der Waals surface area (Å²) in [6, 6.07) is 14.0. The summed E-state index contributed by atoms with van der Waals surface area (Å²) in [6.45, 7) is 2.05. The number of piperidine rings is 1. The number of hydrogen-bond donors (Lipinski definition) is 2. The number of alkyl halides is 1. The van der Waals surface area contributed by atoms with Crippen LogP contribution in [0.3, 0.4) is 0 Å². The van der Waals surface area contributed by atoms with E-state index in [4.69, 9.17) is 9.15 Å². The van der Waals surface area contributed by atoms with E-state index in [1.165, 1.54) is 0 Å². The van der Waals surface area contributed by atoms with Crippen molar-refractivity contribution in [2.75, 3.05) is 13.1 Å². The molecule has 1 aromatic heterocycles. The lowest BCUT2D eigenvalue weighted by atomic mass is 10.0.